The molecule has 1 heterocycles. The second-order valence-corrected chi connectivity index (χ2v) is 2.74. The first kappa shape index (κ1) is 9.04. The van der Waals surface area contributed by atoms with Crippen molar-refractivity contribution in [1.82, 2.24) is 4.98 Å². The summed E-state index contributed by atoms with van der Waals surface area (Å²) in [5.41, 5.74) is 2.55. The molecule has 0 aliphatic heterocycles. The molecule has 1 rings (SSSR count). The van der Waals surface area contributed by atoms with Gasteiger partial charge in [-0.15, -0.1) is 0 Å². The van der Waals surface area contributed by atoms with Crippen molar-refractivity contribution in [3.63, 3.8) is 0 Å². The first-order chi connectivity index (χ1) is 5.77. The third-order valence-electron chi connectivity index (χ3n) is 1.87. The largest absolute Gasteiger partial charge is 0.478 e. The van der Waals surface area contributed by atoms with Crippen LogP contribution in [0.15, 0.2) is 12.3 Å². The second kappa shape index (κ2) is 4.10. The number of rotatable bonds is 3. The molecule has 0 atom stereocenters. The van der Waals surface area contributed by atoms with Crippen LogP contribution in [-0.2, 0) is 6.42 Å². The molecule has 66 valence electrons. The van der Waals surface area contributed by atoms with Crippen LogP contribution < -0.4 is 4.74 Å². The minimum atomic E-state index is 0.678. The van der Waals surface area contributed by atoms with Gasteiger partial charge in [-0.25, -0.2) is 4.98 Å². The Hall–Kier alpha value is -1.05. The smallest absolute Gasteiger partial charge is 0.213 e. The summed E-state index contributed by atoms with van der Waals surface area (Å²) in [6, 6.07) is 1.99. The molecule has 1 aromatic heterocycles. The van der Waals surface area contributed by atoms with Crippen LogP contribution in [0.2, 0.25) is 0 Å². The Kier molecular flexibility index (Phi) is 3.09. The monoisotopic (exact) mass is 165 g/mol. The van der Waals surface area contributed by atoms with Crippen LogP contribution in [0.5, 0.6) is 5.88 Å². The van der Waals surface area contributed by atoms with Gasteiger partial charge in [0.05, 0.1) is 6.61 Å². The van der Waals surface area contributed by atoms with Gasteiger partial charge in [0.25, 0.3) is 0 Å². The second-order valence-electron chi connectivity index (χ2n) is 2.74. The molecular formula is C10H15NO. The highest BCUT2D eigenvalue weighted by atomic mass is 16.5. The first-order valence-electron chi connectivity index (χ1n) is 4.36. The van der Waals surface area contributed by atoms with Crippen molar-refractivity contribution in [2.75, 3.05) is 6.61 Å². The van der Waals surface area contributed by atoms with E-state index in [0.717, 1.165) is 12.3 Å². The Bertz CT molecular complexity index is 258. The molecule has 0 saturated carbocycles. The van der Waals surface area contributed by atoms with Gasteiger partial charge in [-0.2, -0.15) is 0 Å². The lowest BCUT2D eigenvalue weighted by molar-refractivity contribution is 0.326. The van der Waals surface area contributed by atoms with E-state index >= 15 is 0 Å². The Balaban J connectivity index is 2.86. The highest BCUT2D eigenvalue weighted by Gasteiger charge is 1.98. The summed E-state index contributed by atoms with van der Waals surface area (Å²) < 4.78 is 5.28. The van der Waals surface area contributed by atoms with E-state index in [1.165, 1.54) is 11.1 Å². The van der Waals surface area contributed by atoms with Gasteiger partial charge in [0.1, 0.15) is 0 Å². The van der Waals surface area contributed by atoms with Crippen LogP contribution in [-0.4, -0.2) is 11.6 Å². The van der Waals surface area contributed by atoms with E-state index in [4.69, 9.17) is 4.74 Å². The molecule has 0 aliphatic carbocycles. The minimum Gasteiger partial charge on any atom is -0.478 e. The molecule has 0 unspecified atom stereocenters. The van der Waals surface area contributed by atoms with Crippen molar-refractivity contribution in [3.8, 4) is 5.88 Å². The van der Waals surface area contributed by atoms with Crippen LogP contribution in [0.3, 0.4) is 0 Å². The standard InChI is InChI=1S/C10H15NO/c1-4-9-7-11-10(12-5-2)6-8(9)3/h6-7H,4-5H2,1-3H3. The zero-order chi connectivity index (χ0) is 8.97. The molecule has 0 aromatic carbocycles. The van der Waals surface area contributed by atoms with E-state index in [0.29, 0.717) is 6.61 Å². The molecule has 0 aliphatic rings. The molecule has 0 spiro atoms. The summed E-state index contributed by atoms with van der Waals surface area (Å²) in [4.78, 5) is 4.18. The van der Waals surface area contributed by atoms with Crippen LogP contribution >= 0.6 is 0 Å². The lowest BCUT2D eigenvalue weighted by Crippen LogP contribution is -1.96. The molecule has 2 nitrogen and oxygen atoms in total. The van der Waals surface area contributed by atoms with Gasteiger partial charge in [0, 0.05) is 12.3 Å². The fourth-order valence-corrected chi connectivity index (χ4v) is 1.16. The Labute approximate surface area is 73.6 Å². The van der Waals surface area contributed by atoms with E-state index < -0.39 is 0 Å². The van der Waals surface area contributed by atoms with Gasteiger partial charge in [-0.3, -0.25) is 0 Å². The number of pyridine rings is 1. The number of ether oxygens (including phenoxy) is 1. The van der Waals surface area contributed by atoms with Gasteiger partial charge in [-0.05, 0) is 31.4 Å². The maximum Gasteiger partial charge on any atom is 0.213 e. The fraction of sp³-hybridized carbons (Fsp3) is 0.500. The van der Waals surface area contributed by atoms with Gasteiger partial charge in [-0.1, -0.05) is 6.92 Å². The van der Waals surface area contributed by atoms with Crippen molar-refractivity contribution < 1.29 is 4.74 Å². The molecule has 0 saturated heterocycles. The normalized spacial score (nSPS) is 9.92. The predicted molar refractivity (Wildman–Crippen MR) is 49.5 cm³/mol. The molecule has 2 heteroatoms. The maximum absolute atomic E-state index is 5.28. The summed E-state index contributed by atoms with van der Waals surface area (Å²) in [5, 5.41) is 0. The third-order valence-corrected chi connectivity index (χ3v) is 1.87. The average Bonchev–Trinajstić information content (AvgIpc) is 2.05. The van der Waals surface area contributed by atoms with Crippen LogP contribution in [0.1, 0.15) is 25.0 Å². The van der Waals surface area contributed by atoms with Crippen molar-refractivity contribution in [1.29, 1.82) is 0 Å². The fourth-order valence-electron chi connectivity index (χ4n) is 1.16. The number of hydrogen-bond donors (Lipinski definition) is 0. The average molecular weight is 165 g/mol. The van der Waals surface area contributed by atoms with E-state index in [1.807, 2.05) is 19.2 Å². The number of aromatic nitrogens is 1. The van der Waals surface area contributed by atoms with E-state index in [2.05, 4.69) is 18.8 Å². The quantitative estimate of drug-likeness (QED) is 0.686. The molecule has 0 bridgehead atoms. The topological polar surface area (TPSA) is 22.1 Å². The molecule has 0 amide bonds. The lowest BCUT2D eigenvalue weighted by atomic mass is 10.1. The molecule has 1 aromatic rings. The van der Waals surface area contributed by atoms with E-state index in [1.54, 1.807) is 0 Å². The summed E-state index contributed by atoms with van der Waals surface area (Å²) in [6.45, 7) is 6.86. The highest BCUT2D eigenvalue weighted by Crippen LogP contribution is 2.13. The van der Waals surface area contributed by atoms with Crippen LogP contribution in [0.25, 0.3) is 0 Å². The minimum absolute atomic E-state index is 0.678. The third kappa shape index (κ3) is 1.97. The summed E-state index contributed by atoms with van der Waals surface area (Å²) in [5.74, 6) is 0.729. The molecule has 0 fully saturated rings. The number of nitrogens with zero attached hydrogens (tertiary/aromatic N) is 1. The van der Waals surface area contributed by atoms with Crippen molar-refractivity contribution >= 4 is 0 Å². The molecule has 12 heavy (non-hydrogen) atoms. The van der Waals surface area contributed by atoms with E-state index in [9.17, 15) is 0 Å². The van der Waals surface area contributed by atoms with Gasteiger partial charge in [0.2, 0.25) is 5.88 Å². The molecule has 0 radical (unpaired) electrons. The summed E-state index contributed by atoms with van der Waals surface area (Å²) >= 11 is 0. The summed E-state index contributed by atoms with van der Waals surface area (Å²) in [6.07, 6.45) is 2.92. The molecular weight excluding hydrogens is 150 g/mol. The Morgan fingerprint density at radius 1 is 1.42 bits per heavy atom. The first-order valence-corrected chi connectivity index (χ1v) is 4.36. The number of aryl methyl sites for hydroxylation is 2. The number of hydrogen-bond acceptors (Lipinski definition) is 2. The Morgan fingerprint density at radius 3 is 2.67 bits per heavy atom. The van der Waals surface area contributed by atoms with Gasteiger partial charge in [0.15, 0.2) is 0 Å². The lowest BCUT2D eigenvalue weighted by Gasteiger charge is -2.05. The summed E-state index contributed by atoms with van der Waals surface area (Å²) in [7, 11) is 0. The zero-order valence-corrected chi connectivity index (χ0v) is 7.92. The SMILES string of the molecule is CCOc1cc(C)c(CC)cn1. The highest BCUT2D eigenvalue weighted by molar-refractivity contribution is 5.27. The zero-order valence-electron chi connectivity index (χ0n) is 7.92. The predicted octanol–water partition coefficient (Wildman–Crippen LogP) is 2.35. The van der Waals surface area contributed by atoms with Gasteiger partial charge >= 0.3 is 0 Å². The van der Waals surface area contributed by atoms with Crippen molar-refractivity contribution in [2.45, 2.75) is 27.2 Å². The van der Waals surface area contributed by atoms with Gasteiger partial charge < -0.3 is 4.74 Å². The van der Waals surface area contributed by atoms with Crippen molar-refractivity contribution in [2.24, 2.45) is 0 Å². The van der Waals surface area contributed by atoms with E-state index in [-0.39, 0.29) is 0 Å². The van der Waals surface area contributed by atoms with Crippen LogP contribution in [0.4, 0.5) is 0 Å². The van der Waals surface area contributed by atoms with Crippen LogP contribution in [0, 0.1) is 6.92 Å². The Morgan fingerprint density at radius 2 is 2.17 bits per heavy atom. The van der Waals surface area contributed by atoms with Crippen molar-refractivity contribution in [3.05, 3.63) is 23.4 Å². The maximum atomic E-state index is 5.28. The molecule has 0 N–H and O–H groups in total.